The van der Waals surface area contributed by atoms with E-state index in [1.807, 2.05) is 24.7 Å². The molecule has 0 unspecified atom stereocenters. The Morgan fingerprint density at radius 2 is 0.641 bits per heavy atom. The second-order valence-electron chi connectivity index (χ2n) is 22.4. The molecule has 3 heteroatoms. The minimum absolute atomic E-state index is 0.0813. The average Bonchev–Trinajstić information content (AvgIpc) is 3.67. The fourth-order valence-corrected chi connectivity index (χ4v) is 12.2. The minimum atomic E-state index is 0.0813. The van der Waals surface area contributed by atoms with Crippen molar-refractivity contribution < 1.29 is 0 Å². The van der Waals surface area contributed by atoms with E-state index in [0.717, 1.165) is 92.5 Å². The summed E-state index contributed by atoms with van der Waals surface area (Å²) >= 11 is 0. The van der Waals surface area contributed by atoms with E-state index in [1.165, 1.54) is 66.1 Å². The number of hydrogen-bond acceptors (Lipinski definition) is 3. The van der Waals surface area contributed by atoms with Gasteiger partial charge < -0.3 is 0 Å². The van der Waals surface area contributed by atoms with E-state index in [9.17, 15) is 0 Å². The summed E-state index contributed by atoms with van der Waals surface area (Å²) < 4.78 is 0. The number of hydrogen-bond donors (Lipinski definition) is 0. The van der Waals surface area contributed by atoms with Gasteiger partial charge in [0.25, 0.3) is 0 Å². The zero-order valence-corrected chi connectivity index (χ0v) is 45.7. The van der Waals surface area contributed by atoms with Gasteiger partial charge in [-0.15, -0.1) is 0 Å². The van der Waals surface area contributed by atoms with Crippen molar-refractivity contribution in [3.8, 4) is 89.3 Å². The summed E-state index contributed by atoms with van der Waals surface area (Å²) in [6, 6.07) is 80.6. The second-order valence-corrected chi connectivity index (χ2v) is 22.4. The lowest BCUT2D eigenvalue weighted by Gasteiger charge is -2.25. The molecule has 0 saturated carbocycles. The number of rotatable bonds is 14. The Hall–Kier alpha value is -8.79. The third kappa shape index (κ3) is 9.60. The highest BCUT2D eigenvalue weighted by Crippen LogP contribution is 2.44. The highest BCUT2D eigenvalue weighted by Gasteiger charge is 2.23. The van der Waals surface area contributed by atoms with Crippen molar-refractivity contribution >= 4 is 32.4 Å². The molecular formula is C75H65N3. The maximum absolute atomic E-state index is 4.93. The molecule has 3 aromatic heterocycles. The fourth-order valence-electron chi connectivity index (χ4n) is 12.2. The Morgan fingerprint density at radius 1 is 0.282 bits per heavy atom. The number of aromatic nitrogens is 3. The van der Waals surface area contributed by atoms with Crippen LogP contribution in [-0.2, 0) is 10.8 Å². The molecule has 3 nitrogen and oxygen atoms in total. The summed E-state index contributed by atoms with van der Waals surface area (Å²) in [5, 5.41) is 5.98. The number of fused-ring (bicyclic) bond motifs is 6. The summed E-state index contributed by atoms with van der Waals surface area (Å²) in [7, 11) is 0. The van der Waals surface area contributed by atoms with Gasteiger partial charge in [0, 0.05) is 40.5 Å². The van der Waals surface area contributed by atoms with Crippen LogP contribution in [0.5, 0.6) is 0 Å². The SMILES string of the molecule is CCCC(C)(C)c1ccnc(-c2ccc(-c3ccccc3-c3cc(-c4ccccc4-c4ccc(-c5cc(C(C)(C)CCC)ccn5)cc4)cc(-c4ccccc4-c4ccc5c(c4)c4ccccc4c4cccnc45)c3)cc2)c1. The van der Waals surface area contributed by atoms with Crippen molar-refractivity contribution in [2.45, 2.75) is 78.1 Å². The summed E-state index contributed by atoms with van der Waals surface area (Å²) in [6.45, 7) is 13.9. The summed E-state index contributed by atoms with van der Waals surface area (Å²) in [4.78, 5) is 14.6. The predicted molar refractivity (Wildman–Crippen MR) is 332 cm³/mol. The van der Waals surface area contributed by atoms with Gasteiger partial charge in [0.05, 0.1) is 16.9 Å². The molecule has 78 heavy (non-hydrogen) atoms. The molecule has 0 aliphatic rings. The van der Waals surface area contributed by atoms with Crippen LogP contribution in [0.2, 0.25) is 0 Å². The van der Waals surface area contributed by atoms with Crippen LogP contribution in [-0.4, -0.2) is 15.0 Å². The largest absolute Gasteiger partial charge is 0.256 e. The summed E-state index contributed by atoms with van der Waals surface area (Å²) in [5.74, 6) is 0. The maximum Gasteiger partial charge on any atom is 0.0786 e. The lowest BCUT2D eigenvalue weighted by molar-refractivity contribution is 0.472. The van der Waals surface area contributed by atoms with E-state index in [1.54, 1.807) is 0 Å². The molecule has 0 saturated heterocycles. The zero-order valence-electron chi connectivity index (χ0n) is 45.7. The van der Waals surface area contributed by atoms with Gasteiger partial charge >= 0.3 is 0 Å². The molecule has 380 valence electrons. The molecular weight excluding hydrogens is 943 g/mol. The van der Waals surface area contributed by atoms with Gasteiger partial charge in [-0.1, -0.05) is 218 Å². The highest BCUT2D eigenvalue weighted by molar-refractivity contribution is 6.24. The van der Waals surface area contributed by atoms with Gasteiger partial charge in [-0.05, 0) is 172 Å². The fraction of sp³-hybridized carbons (Fsp3) is 0.160. The van der Waals surface area contributed by atoms with Crippen LogP contribution in [0, 0.1) is 0 Å². The molecule has 0 atom stereocenters. The van der Waals surface area contributed by atoms with E-state index in [-0.39, 0.29) is 10.8 Å². The van der Waals surface area contributed by atoms with Crippen molar-refractivity contribution in [1.82, 2.24) is 15.0 Å². The maximum atomic E-state index is 4.93. The second kappa shape index (κ2) is 21.0. The van der Waals surface area contributed by atoms with Crippen molar-refractivity contribution in [3.63, 3.8) is 0 Å². The van der Waals surface area contributed by atoms with Crippen LogP contribution < -0.4 is 0 Å². The third-order valence-electron chi connectivity index (χ3n) is 16.4. The van der Waals surface area contributed by atoms with Gasteiger partial charge in [-0.2, -0.15) is 0 Å². The first-order chi connectivity index (χ1) is 38.1. The van der Waals surface area contributed by atoms with Crippen LogP contribution in [0.4, 0.5) is 0 Å². The molecule has 3 heterocycles. The summed E-state index contributed by atoms with van der Waals surface area (Å²) in [5.41, 5.74) is 22.0. The van der Waals surface area contributed by atoms with Gasteiger partial charge in [0.1, 0.15) is 0 Å². The van der Waals surface area contributed by atoms with Crippen molar-refractivity contribution in [2.24, 2.45) is 0 Å². The van der Waals surface area contributed by atoms with Gasteiger partial charge in [0.15, 0.2) is 0 Å². The number of pyridine rings is 3. The first-order valence-electron chi connectivity index (χ1n) is 27.8. The first-order valence-corrected chi connectivity index (χ1v) is 27.8. The minimum Gasteiger partial charge on any atom is -0.256 e. The number of benzene rings is 9. The zero-order chi connectivity index (χ0) is 53.4. The standard InChI is InChI=1S/C75H65N3/c1-7-39-74(3,4)58-37-42-76-71(48-58)52-31-27-50(28-32-52)60-18-9-12-21-63(60)55-44-56(64-22-13-10-19-61(64)51-29-33-53(34-30-51)72-49-59(38-43-77-72)75(5,6)40-8-2)46-57(45-55)65-23-14-11-20-62(65)54-35-36-69-70(47-54)67-25-16-15-24-66(67)68-26-17-41-78-73(68)69/h9-38,41-49H,7-8,39-40H2,1-6H3. The van der Waals surface area contributed by atoms with E-state index in [4.69, 9.17) is 15.0 Å². The van der Waals surface area contributed by atoms with E-state index in [0.29, 0.717) is 0 Å². The highest BCUT2D eigenvalue weighted by atomic mass is 14.7. The predicted octanol–water partition coefficient (Wildman–Crippen LogP) is 20.8. The summed E-state index contributed by atoms with van der Waals surface area (Å²) in [6.07, 6.45) is 10.4. The van der Waals surface area contributed by atoms with E-state index in [2.05, 4.69) is 254 Å². The molecule has 0 amide bonds. The molecule has 0 fully saturated rings. The van der Waals surface area contributed by atoms with Crippen molar-refractivity contribution in [1.29, 1.82) is 0 Å². The van der Waals surface area contributed by atoms with Gasteiger partial charge in [-0.25, -0.2) is 0 Å². The van der Waals surface area contributed by atoms with Crippen LogP contribution in [0.15, 0.2) is 237 Å². The van der Waals surface area contributed by atoms with Crippen molar-refractivity contribution in [3.05, 3.63) is 248 Å². The molecule has 12 rings (SSSR count). The van der Waals surface area contributed by atoms with E-state index < -0.39 is 0 Å². The third-order valence-corrected chi connectivity index (χ3v) is 16.4. The van der Waals surface area contributed by atoms with Gasteiger partial charge in [0.2, 0.25) is 0 Å². The Bertz CT molecular complexity index is 3960. The first kappa shape index (κ1) is 50.1. The molecule has 12 aromatic rings. The Labute approximate surface area is 460 Å². The molecule has 9 aromatic carbocycles. The average molecular weight is 1010 g/mol. The van der Waals surface area contributed by atoms with Crippen molar-refractivity contribution in [2.75, 3.05) is 0 Å². The smallest absolute Gasteiger partial charge is 0.0786 e. The molecule has 0 aliphatic heterocycles. The number of nitrogens with zero attached hydrogens (tertiary/aromatic N) is 3. The molecule has 0 radical (unpaired) electrons. The van der Waals surface area contributed by atoms with Crippen LogP contribution >= 0.6 is 0 Å². The molecule has 0 bridgehead atoms. The van der Waals surface area contributed by atoms with Crippen LogP contribution in [0.25, 0.3) is 122 Å². The Kier molecular flexibility index (Phi) is 13.5. The lowest BCUT2D eigenvalue weighted by Crippen LogP contribution is -2.16. The Morgan fingerprint density at radius 3 is 1.09 bits per heavy atom. The molecule has 0 spiro atoms. The lowest BCUT2D eigenvalue weighted by atomic mass is 9.80. The topological polar surface area (TPSA) is 38.7 Å². The monoisotopic (exact) mass is 1010 g/mol. The van der Waals surface area contributed by atoms with Crippen LogP contribution in [0.1, 0.15) is 78.4 Å². The normalized spacial score (nSPS) is 11.9. The molecule has 0 aliphatic carbocycles. The van der Waals surface area contributed by atoms with E-state index >= 15 is 0 Å². The Balaban J connectivity index is 0.996. The molecule has 0 N–H and O–H groups in total. The quantitative estimate of drug-likeness (QED) is 0.102. The van der Waals surface area contributed by atoms with Gasteiger partial charge in [-0.3, -0.25) is 15.0 Å². The van der Waals surface area contributed by atoms with Crippen LogP contribution in [0.3, 0.4) is 0 Å².